The first-order valence-electron chi connectivity index (χ1n) is 7.19. The standard InChI is InChI=1S/C15H19N5O.ClH/c1-10-5-6-14(20-17-7-8-18-20)11(9-10)15(21)19-13-4-2-3-12(13)16;/h5-9,12-13H,2-4,16H2,1H3,(H,19,21);1H/t12-,13?;/m0./s1. The van der Waals surface area contributed by atoms with Crippen LogP contribution in [0.5, 0.6) is 0 Å². The van der Waals surface area contributed by atoms with Gasteiger partial charge in [-0.05, 0) is 38.3 Å². The number of rotatable bonds is 3. The molecule has 118 valence electrons. The maximum absolute atomic E-state index is 12.6. The molecule has 1 fully saturated rings. The van der Waals surface area contributed by atoms with Crippen LogP contribution in [-0.2, 0) is 0 Å². The minimum Gasteiger partial charge on any atom is -0.348 e. The summed E-state index contributed by atoms with van der Waals surface area (Å²) in [4.78, 5) is 14.0. The van der Waals surface area contributed by atoms with E-state index in [0.717, 1.165) is 24.8 Å². The second kappa shape index (κ2) is 6.89. The summed E-state index contributed by atoms with van der Waals surface area (Å²) in [5.74, 6) is -0.117. The van der Waals surface area contributed by atoms with E-state index in [1.807, 2.05) is 25.1 Å². The van der Waals surface area contributed by atoms with Gasteiger partial charge < -0.3 is 11.1 Å². The van der Waals surface area contributed by atoms with Crippen LogP contribution in [0.3, 0.4) is 0 Å². The molecule has 2 atom stereocenters. The van der Waals surface area contributed by atoms with Crippen molar-refractivity contribution in [1.29, 1.82) is 0 Å². The molecule has 1 saturated carbocycles. The minimum atomic E-state index is -0.117. The van der Waals surface area contributed by atoms with Crippen molar-refractivity contribution in [3.8, 4) is 5.69 Å². The molecule has 2 aromatic rings. The lowest BCUT2D eigenvalue weighted by Crippen LogP contribution is -2.44. The highest BCUT2D eigenvalue weighted by Gasteiger charge is 2.26. The number of hydrogen-bond donors (Lipinski definition) is 2. The topological polar surface area (TPSA) is 85.8 Å². The van der Waals surface area contributed by atoms with Crippen LogP contribution < -0.4 is 11.1 Å². The molecule has 1 unspecified atom stereocenters. The molecular weight excluding hydrogens is 302 g/mol. The van der Waals surface area contributed by atoms with Gasteiger partial charge in [-0.1, -0.05) is 11.6 Å². The number of nitrogens with one attached hydrogen (secondary N) is 1. The van der Waals surface area contributed by atoms with E-state index in [1.165, 1.54) is 4.80 Å². The number of amides is 1. The molecule has 0 radical (unpaired) electrons. The molecule has 0 saturated heterocycles. The van der Waals surface area contributed by atoms with Gasteiger partial charge in [0.2, 0.25) is 0 Å². The average molecular weight is 322 g/mol. The Labute approximate surface area is 135 Å². The summed E-state index contributed by atoms with van der Waals surface area (Å²) in [6.45, 7) is 1.96. The third-order valence-corrected chi connectivity index (χ3v) is 3.92. The van der Waals surface area contributed by atoms with Gasteiger partial charge >= 0.3 is 0 Å². The van der Waals surface area contributed by atoms with E-state index in [1.54, 1.807) is 12.4 Å². The Morgan fingerprint density at radius 2 is 2.05 bits per heavy atom. The largest absolute Gasteiger partial charge is 0.348 e. The van der Waals surface area contributed by atoms with Crippen molar-refractivity contribution < 1.29 is 4.79 Å². The zero-order valence-corrected chi connectivity index (χ0v) is 13.2. The molecule has 22 heavy (non-hydrogen) atoms. The molecule has 0 bridgehead atoms. The molecule has 1 amide bonds. The number of nitrogens with two attached hydrogens (primary N) is 1. The van der Waals surface area contributed by atoms with Crippen molar-refractivity contribution in [3.63, 3.8) is 0 Å². The number of benzene rings is 1. The van der Waals surface area contributed by atoms with Gasteiger partial charge in [-0.15, -0.1) is 12.4 Å². The van der Waals surface area contributed by atoms with Gasteiger partial charge in [0, 0.05) is 12.1 Å². The van der Waals surface area contributed by atoms with Gasteiger partial charge in [0.25, 0.3) is 5.91 Å². The van der Waals surface area contributed by atoms with E-state index < -0.39 is 0 Å². The van der Waals surface area contributed by atoms with Crippen molar-refractivity contribution in [1.82, 2.24) is 20.3 Å². The number of halogens is 1. The van der Waals surface area contributed by atoms with Crippen LogP contribution >= 0.6 is 12.4 Å². The predicted octanol–water partition coefficient (Wildman–Crippen LogP) is 1.61. The monoisotopic (exact) mass is 321 g/mol. The van der Waals surface area contributed by atoms with Gasteiger partial charge in [-0.2, -0.15) is 15.0 Å². The Hall–Kier alpha value is -1.92. The lowest BCUT2D eigenvalue weighted by molar-refractivity contribution is 0.0934. The Balaban J connectivity index is 0.00000176. The van der Waals surface area contributed by atoms with Crippen molar-refractivity contribution in [3.05, 3.63) is 41.7 Å². The quantitative estimate of drug-likeness (QED) is 0.899. The number of aromatic nitrogens is 3. The first kappa shape index (κ1) is 16.5. The number of hydrogen-bond acceptors (Lipinski definition) is 4. The first-order chi connectivity index (χ1) is 10.1. The maximum Gasteiger partial charge on any atom is 0.253 e. The fraction of sp³-hybridized carbons (Fsp3) is 0.400. The molecule has 1 aliphatic rings. The van der Waals surface area contributed by atoms with Crippen LogP contribution in [0.15, 0.2) is 30.6 Å². The molecule has 1 heterocycles. The van der Waals surface area contributed by atoms with Crippen molar-refractivity contribution in [2.75, 3.05) is 0 Å². The number of aryl methyl sites for hydroxylation is 1. The molecule has 3 rings (SSSR count). The van der Waals surface area contributed by atoms with Crippen molar-refractivity contribution in [2.24, 2.45) is 5.73 Å². The van der Waals surface area contributed by atoms with Gasteiger partial charge in [-0.25, -0.2) is 0 Å². The summed E-state index contributed by atoms with van der Waals surface area (Å²) in [6, 6.07) is 5.76. The molecule has 1 aromatic heterocycles. The van der Waals surface area contributed by atoms with Crippen LogP contribution in [0.1, 0.15) is 35.2 Å². The van der Waals surface area contributed by atoms with Gasteiger partial charge in [0.05, 0.1) is 23.6 Å². The lowest BCUT2D eigenvalue weighted by atomic mass is 10.1. The zero-order chi connectivity index (χ0) is 14.8. The molecule has 6 nitrogen and oxygen atoms in total. The predicted molar refractivity (Wildman–Crippen MR) is 86.4 cm³/mol. The molecule has 0 aliphatic heterocycles. The minimum absolute atomic E-state index is 0. The van der Waals surface area contributed by atoms with E-state index in [2.05, 4.69) is 15.5 Å². The number of carbonyl (C=O) groups excluding carboxylic acids is 1. The Morgan fingerprint density at radius 1 is 1.32 bits per heavy atom. The summed E-state index contributed by atoms with van der Waals surface area (Å²) < 4.78 is 0. The van der Waals surface area contributed by atoms with Crippen molar-refractivity contribution in [2.45, 2.75) is 38.3 Å². The van der Waals surface area contributed by atoms with E-state index >= 15 is 0 Å². The highest BCUT2D eigenvalue weighted by atomic mass is 35.5. The summed E-state index contributed by atoms with van der Waals surface area (Å²) >= 11 is 0. The van der Waals surface area contributed by atoms with Gasteiger partial charge in [0.15, 0.2) is 0 Å². The zero-order valence-electron chi connectivity index (χ0n) is 12.4. The van der Waals surface area contributed by atoms with Crippen LogP contribution in [0.2, 0.25) is 0 Å². The van der Waals surface area contributed by atoms with Crippen molar-refractivity contribution >= 4 is 18.3 Å². The lowest BCUT2D eigenvalue weighted by Gasteiger charge is -2.18. The third kappa shape index (κ3) is 3.28. The maximum atomic E-state index is 12.6. The van der Waals surface area contributed by atoms with Crippen LogP contribution in [-0.4, -0.2) is 33.0 Å². The molecule has 1 aromatic carbocycles. The second-order valence-electron chi connectivity index (χ2n) is 5.51. The summed E-state index contributed by atoms with van der Waals surface area (Å²) in [6.07, 6.45) is 6.15. The summed E-state index contributed by atoms with van der Waals surface area (Å²) in [7, 11) is 0. The first-order valence-corrected chi connectivity index (χ1v) is 7.19. The molecule has 1 aliphatic carbocycles. The normalized spacial score (nSPS) is 20.5. The second-order valence-corrected chi connectivity index (χ2v) is 5.51. The SMILES string of the molecule is Cc1ccc(-n2nccn2)c(C(=O)NC2CCC[C@@H]2N)c1.Cl. The Bertz CT molecular complexity index is 643. The molecule has 3 N–H and O–H groups in total. The fourth-order valence-corrected chi connectivity index (χ4v) is 2.76. The van der Waals surface area contributed by atoms with Crippen LogP contribution in [0.4, 0.5) is 0 Å². The Morgan fingerprint density at radius 3 is 2.68 bits per heavy atom. The number of nitrogens with zero attached hydrogens (tertiary/aromatic N) is 3. The molecule has 0 spiro atoms. The third-order valence-electron chi connectivity index (χ3n) is 3.92. The highest BCUT2D eigenvalue weighted by Crippen LogP contribution is 2.19. The highest BCUT2D eigenvalue weighted by molar-refractivity contribution is 5.98. The van der Waals surface area contributed by atoms with E-state index in [4.69, 9.17) is 5.73 Å². The van der Waals surface area contributed by atoms with Gasteiger partial charge in [-0.3, -0.25) is 4.79 Å². The van der Waals surface area contributed by atoms with Crippen LogP contribution in [0, 0.1) is 6.92 Å². The molecular formula is C15H20ClN5O. The summed E-state index contributed by atoms with van der Waals surface area (Å²) in [5, 5.41) is 11.3. The fourth-order valence-electron chi connectivity index (χ4n) is 2.76. The van der Waals surface area contributed by atoms with Gasteiger partial charge in [0.1, 0.15) is 0 Å². The van der Waals surface area contributed by atoms with E-state index in [9.17, 15) is 4.79 Å². The summed E-state index contributed by atoms with van der Waals surface area (Å²) in [5.41, 5.74) is 8.29. The van der Waals surface area contributed by atoms with E-state index in [0.29, 0.717) is 11.3 Å². The number of carbonyl (C=O) groups is 1. The van der Waals surface area contributed by atoms with E-state index in [-0.39, 0.29) is 30.4 Å². The molecule has 7 heteroatoms. The smallest absolute Gasteiger partial charge is 0.253 e. The van der Waals surface area contributed by atoms with Crippen LogP contribution in [0.25, 0.3) is 5.69 Å². The Kier molecular flexibility index (Phi) is 5.15. The average Bonchev–Trinajstić information content (AvgIpc) is 3.11.